The highest BCUT2D eigenvalue weighted by atomic mass is 16.6. The smallest absolute Gasteiger partial charge is 0.404 e. The number of nitrogens with two attached hydrogens (primary N) is 1. The van der Waals surface area contributed by atoms with Crippen LogP contribution in [0.2, 0.25) is 0 Å². The van der Waals surface area contributed by atoms with E-state index in [1.807, 2.05) is 0 Å². The first kappa shape index (κ1) is 7.84. The zero-order valence-electron chi connectivity index (χ0n) is 5.91. The van der Waals surface area contributed by atoms with Gasteiger partial charge in [-0.2, -0.15) is 0 Å². The first-order valence-electron chi connectivity index (χ1n) is 3.30. The van der Waals surface area contributed by atoms with Crippen molar-refractivity contribution in [1.82, 2.24) is 0 Å². The fraction of sp³-hybridized carbons (Fsp3) is 0.667. The number of carbonyl (C=O) groups is 2. The average Bonchev–Trinajstić information content (AvgIpc) is 1.83. The van der Waals surface area contributed by atoms with Gasteiger partial charge in [-0.15, -0.1) is 0 Å². The lowest BCUT2D eigenvalue weighted by Crippen LogP contribution is -2.34. The van der Waals surface area contributed by atoms with E-state index >= 15 is 0 Å². The summed E-state index contributed by atoms with van der Waals surface area (Å²) in [5.41, 5.74) is 4.70. The second-order valence-corrected chi connectivity index (χ2v) is 2.27. The fourth-order valence-corrected chi connectivity index (χ4v) is 0.814. The molecule has 11 heavy (non-hydrogen) atoms. The lowest BCUT2D eigenvalue weighted by Gasteiger charge is -2.24. The van der Waals surface area contributed by atoms with Crippen LogP contribution in [0.1, 0.15) is 12.8 Å². The van der Waals surface area contributed by atoms with Gasteiger partial charge in [0, 0.05) is 6.42 Å². The molecule has 5 heteroatoms. The molecule has 0 aromatic carbocycles. The Kier molecular flexibility index (Phi) is 2.30. The van der Waals surface area contributed by atoms with Crippen molar-refractivity contribution >= 4 is 12.1 Å². The summed E-state index contributed by atoms with van der Waals surface area (Å²) in [5.74, 6) is -0.200. The number of carbonyl (C=O) groups excluding carboxylic acids is 2. The van der Waals surface area contributed by atoms with Crippen LogP contribution in [0.5, 0.6) is 0 Å². The van der Waals surface area contributed by atoms with Crippen molar-refractivity contribution in [3.05, 3.63) is 0 Å². The number of hydrogen-bond donors (Lipinski definition) is 1. The normalized spacial score (nSPS) is 21.8. The van der Waals surface area contributed by atoms with Gasteiger partial charge >= 0.3 is 12.1 Å². The molecule has 1 amide bonds. The summed E-state index contributed by atoms with van der Waals surface area (Å²) in [6.45, 7) is 0.216. The minimum absolute atomic E-state index is 0.0816. The molecule has 0 bridgehead atoms. The van der Waals surface area contributed by atoms with Crippen LogP contribution < -0.4 is 5.73 Å². The van der Waals surface area contributed by atoms with Crippen molar-refractivity contribution < 1.29 is 19.1 Å². The van der Waals surface area contributed by atoms with Crippen molar-refractivity contribution in [1.29, 1.82) is 0 Å². The first-order chi connectivity index (χ1) is 5.18. The zero-order valence-corrected chi connectivity index (χ0v) is 5.91. The van der Waals surface area contributed by atoms with Crippen molar-refractivity contribution in [2.75, 3.05) is 6.61 Å². The van der Waals surface area contributed by atoms with Crippen LogP contribution in [0.25, 0.3) is 0 Å². The quantitative estimate of drug-likeness (QED) is 0.578. The number of amides is 1. The van der Waals surface area contributed by atoms with E-state index in [0.29, 0.717) is 12.8 Å². The van der Waals surface area contributed by atoms with E-state index in [1.54, 1.807) is 0 Å². The molecule has 1 rings (SSSR count). The Morgan fingerprint density at radius 1 is 1.82 bits per heavy atom. The van der Waals surface area contributed by atoms with Gasteiger partial charge in [0.25, 0.3) is 0 Å². The molecule has 1 heterocycles. The molecule has 5 nitrogen and oxygen atoms in total. The number of hydrogen-bond acceptors (Lipinski definition) is 4. The number of cyclic esters (lactones) is 1. The van der Waals surface area contributed by atoms with Crippen LogP contribution in [0.3, 0.4) is 0 Å². The van der Waals surface area contributed by atoms with Crippen LogP contribution in [0.15, 0.2) is 0 Å². The largest absolute Gasteiger partial charge is 0.462 e. The minimum atomic E-state index is -0.796. The standard InChI is InChI=1S/C6H9NO4/c7-6(9)10-2-1-4-3-5(8)11-4/h4H,1-3H2,(H2,7,9). The molecule has 1 aliphatic rings. The van der Waals surface area contributed by atoms with Gasteiger partial charge in [0.05, 0.1) is 13.0 Å². The first-order valence-corrected chi connectivity index (χ1v) is 3.30. The molecule has 1 unspecified atom stereocenters. The molecule has 0 radical (unpaired) electrons. The lowest BCUT2D eigenvalue weighted by atomic mass is 10.1. The fourth-order valence-electron chi connectivity index (χ4n) is 0.814. The molecule has 1 aliphatic heterocycles. The van der Waals surface area contributed by atoms with Crippen molar-refractivity contribution in [3.8, 4) is 0 Å². The van der Waals surface area contributed by atoms with Crippen LogP contribution in [0.4, 0.5) is 4.79 Å². The number of ether oxygens (including phenoxy) is 2. The van der Waals surface area contributed by atoms with Crippen LogP contribution >= 0.6 is 0 Å². The molecule has 0 saturated carbocycles. The van der Waals surface area contributed by atoms with Crippen LogP contribution in [-0.2, 0) is 14.3 Å². The highest BCUT2D eigenvalue weighted by Crippen LogP contribution is 2.16. The van der Waals surface area contributed by atoms with Gasteiger partial charge < -0.3 is 15.2 Å². The maximum atomic E-state index is 10.3. The highest BCUT2D eigenvalue weighted by molar-refractivity contribution is 5.75. The average molecular weight is 159 g/mol. The molecule has 1 saturated heterocycles. The van der Waals surface area contributed by atoms with Gasteiger partial charge in [0.2, 0.25) is 0 Å². The number of esters is 1. The molecule has 0 spiro atoms. The third-order valence-electron chi connectivity index (χ3n) is 1.38. The zero-order chi connectivity index (χ0) is 8.27. The summed E-state index contributed by atoms with van der Waals surface area (Å²) in [5, 5.41) is 0. The monoisotopic (exact) mass is 159 g/mol. The van der Waals surface area contributed by atoms with E-state index in [0.717, 1.165) is 0 Å². The van der Waals surface area contributed by atoms with Gasteiger partial charge in [-0.1, -0.05) is 0 Å². The van der Waals surface area contributed by atoms with Gasteiger partial charge in [-0.05, 0) is 0 Å². The van der Waals surface area contributed by atoms with Crippen LogP contribution in [0, 0.1) is 0 Å². The summed E-state index contributed by atoms with van der Waals surface area (Å²) in [6, 6.07) is 0. The van der Waals surface area contributed by atoms with E-state index in [1.165, 1.54) is 0 Å². The Balaban J connectivity index is 1.96. The molecule has 1 fully saturated rings. The van der Waals surface area contributed by atoms with Crippen molar-refractivity contribution in [3.63, 3.8) is 0 Å². The molecule has 1 atom stereocenters. The second kappa shape index (κ2) is 3.23. The Morgan fingerprint density at radius 3 is 2.91 bits per heavy atom. The van der Waals surface area contributed by atoms with Crippen molar-refractivity contribution in [2.45, 2.75) is 18.9 Å². The Morgan fingerprint density at radius 2 is 2.45 bits per heavy atom. The Labute approximate surface area is 63.4 Å². The van der Waals surface area contributed by atoms with E-state index in [9.17, 15) is 9.59 Å². The van der Waals surface area contributed by atoms with Gasteiger partial charge in [-0.25, -0.2) is 4.79 Å². The molecule has 0 aliphatic carbocycles. The van der Waals surface area contributed by atoms with Crippen molar-refractivity contribution in [2.24, 2.45) is 5.73 Å². The molecule has 0 aromatic rings. The maximum Gasteiger partial charge on any atom is 0.404 e. The summed E-state index contributed by atoms with van der Waals surface area (Å²) in [4.78, 5) is 20.3. The number of rotatable bonds is 3. The Bertz CT molecular complexity index is 171. The summed E-state index contributed by atoms with van der Waals surface area (Å²) < 4.78 is 9.08. The van der Waals surface area contributed by atoms with E-state index in [-0.39, 0.29) is 18.7 Å². The molecular formula is C6H9NO4. The maximum absolute atomic E-state index is 10.3. The predicted octanol–water partition coefficient (Wildman–Crippen LogP) is -0.213. The molecule has 2 N–H and O–H groups in total. The summed E-state index contributed by atoms with van der Waals surface area (Å²) in [6.07, 6.45) is 0.0778. The lowest BCUT2D eigenvalue weighted by molar-refractivity contribution is -0.170. The van der Waals surface area contributed by atoms with Gasteiger partial charge in [0.1, 0.15) is 6.10 Å². The second-order valence-electron chi connectivity index (χ2n) is 2.27. The highest BCUT2D eigenvalue weighted by Gasteiger charge is 2.27. The third-order valence-corrected chi connectivity index (χ3v) is 1.38. The predicted molar refractivity (Wildman–Crippen MR) is 34.6 cm³/mol. The van der Waals surface area contributed by atoms with Crippen LogP contribution in [-0.4, -0.2) is 24.8 Å². The van der Waals surface area contributed by atoms with E-state index in [2.05, 4.69) is 9.47 Å². The molecule has 0 aromatic heterocycles. The molecule has 62 valence electrons. The minimum Gasteiger partial charge on any atom is -0.462 e. The number of primary amides is 1. The molecular weight excluding hydrogens is 150 g/mol. The van der Waals surface area contributed by atoms with Gasteiger partial charge in [0.15, 0.2) is 0 Å². The summed E-state index contributed by atoms with van der Waals surface area (Å²) >= 11 is 0. The summed E-state index contributed by atoms with van der Waals surface area (Å²) in [7, 11) is 0. The van der Waals surface area contributed by atoms with Gasteiger partial charge in [-0.3, -0.25) is 4.79 Å². The van der Waals surface area contributed by atoms with E-state index in [4.69, 9.17) is 5.73 Å². The van der Waals surface area contributed by atoms with E-state index < -0.39 is 6.09 Å². The SMILES string of the molecule is NC(=O)OCCC1CC(=O)O1. The Hall–Kier alpha value is -1.26. The topological polar surface area (TPSA) is 78.6 Å². The third kappa shape index (κ3) is 2.45.